The molecule has 8 nitrogen and oxygen atoms in total. The molecule has 0 fully saturated rings. The normalized spacial score (nSPS) is 12.1. The molecule has 1 aliphatic rings. The summed E-state index contributed by atoms with van der Waals surface area (Å²) in [4.78, 5) is 24.3. The first-order chi connectivity index (χ1) is 13.1. The topological polar surface area (TPSA) is 109 Å². The molecule has 0 saturated heterocycles. The highest BCUT2D eigenvalue weighted by Crippen LogP contribution is 2.24. The first-order valence-electron chi connectivity index (χ1n) is 8.37. The number of aromatic nitrogens is 4. The lowest BCUT2D eigenvalue weighted by Crippen LogP contribution is -2.01. The highest BCUT2D eigenvalue weighted by Gasteiger charge is 2.16. The number of hydrogen-bond acceptors (Lipinski definition) is 6. The van der Waals surface area contributed by atoms with Crippen LogP contribution in [0.15, 0.2) is 41.8 Å². The van der Waals surface area contributed by atoms with Crippen LogP contribution in [0.5, 0.6) is 0 Å². The molecule has 3 heterocycles. The van der Waals surface area contributed by atoms with Crippen LogP contribution in [0.25, 0.3) is 11.3 Å². The molecule has 8 heteroatoms. The lowest BCUT2D eigenvalue weighted by atomic mass is 10.1. The van der Waals surface area contributed by atoms with Gasteiger partial charge in [-0.2, -0.15) is 10.4 Å². The summed E-state index contributed by atoms with van der Waals surface area (Å²) in [5.74, 6) is 0.223. The number of hydrogen-bond donors (Lipinski definition) is 1. The third-order valence-corrected chi connectivity index (χ3v) is 4.19. The largest absolute Gasteiger partial charge is 0.324 e. The molecule has 2 aromatic heterocycles. The second-order valence-electron chi connectivity index (χ2n) is 6.12. The zero-order valence-corrected chi connectivity index (χ0v) is 14.5. The SMILES string of the molecule is Cc1cnc(Nc2ccc3c(c2)C=NC3=O)nc1-c1cnn(CCC#N)c1. The van der Waals surface area contributed by atoms with Crippen LogP contribution in [0, 0.1) is 18.3 Å². The van der Waals surface area contributed by atoms with E-state index in [2.05, 4.69) is 31.4 Å². The molecule has 1 N–H and O–H groups in total. The Kier molecular flexibility index (Phi) is 4.18. The van der Waals surface area contributed by atoms with Gasteiger partial charge in [0.25, 0.3) is 5.91 Å². The van der Waals surface area contributed by atoms with E-state index in [-0.39, 0.29) is 5.91 Å². The molecule has 3 aromatic rings. The van der Waals surface area contributed by atoms with Crippen molar-refractivity contribution in [1.82, 2.24) is 19.7 Å². The minimum absolute atomic E-state index is 0.223. The first kappa shape index (κ1) is 16.6. The van der Waals surface area contributed by atoms with E-state index in [4.69, 9.17) is 5.26 Å². The molecule has 1 aromatic carbocycles. The predicted octanol–water partition coefficient (Wildman–Crippen LogP) is 2.88. The van der Waals surface area contributed by atoms with Gasteiger partial charge in [-0.3, -0.25) is 9.48 Å². The fraction of sp³-hybridized carbons (Fsp3) is 0.158. The van der Waals surface area contributed by atoms with Crippen LogP contribution < -0.4 is 5.32 Å². The van der Waals surface area contributed by atoms with E-state index in [0.717, 1.165) is 28.1 Å². The van der Waals surface area contributed by atoms with E-state index in [1.807, 2.05) is 19.2 Å². The quantitative estimate of drug-likeness (QED) is 0.752. The van der Waals surface area contributed by atoms with Gasteiger partial charge in [-0.1, -0.05) is 0 Å². The van der Waals surface area contributed by atoms with Crippen molar-refractivity contribution >= 4 is 23.8 Å². The summed E-state index contributed by atoms with van der Waals surface area (Å²) >= 11 is 0. The van der Waals surface area contributed by atoms with Gasteiger partial charge in [-0.15, -0.1) is 0 Å². The molecule has 0 unspecified atom stereocenters. The molecule has 1 aliphatic heterocycles. The summed E-state index contributed by atoms with van der Waals surface area (Å²) in [6.07, 6.45) is 7.30. The maximum atomic E-state index is 11.6. The Morgan fingerprint density at radius 2 is 2.19 bits per heavy atom. The van der Waals surface area contributed by atoms with Gasteiger partial charge in [0.15, 0.2) is 0 Å². The molecule has 1 amide bonds. The van der Waals surface area contributed by atoms with Gasteiger partial charge in [0, 0.05) is 35.4 Å². The number of nitrogens with one attached hydrogen (secondary N) is 1. The summed E-state index contributed by atoms with van der Waals surface area (Å²) in [6, 6.07) is 7.48. The van der Waals surface area contributed by atoms with Gasteiger partial charge in [-0.05, 0) is 30.7 Å². The predicted molar refractivity (Wildman–Crippen MR) is 99.9 cm³/mol. The molecule has 132 valence electrons. The van der Waals surface area contributed by atoms with Crippen LogP contribution in [-0.4, -0.2) is 31.9 Å². The fourth-order valence-corrected chi connectivity index (χ4v) is 2.84. The van der Waals surface area contributed by atoms with Crippen molar-refractivity contribution in [3.63, 3.8) is 0 Å². The van der Waals surface area contributed by atoms with Crippen molar-refractivity contribution in [2.24, 2.45) is 4.99 Å². The average Bonchev–Trinajstić information content (AvgIpc) is 3.28. The number of rotatable bonds is 5. The number of aliphatic imine (C=N–C) groups is 1. The molecule has 4 rings (SSSR count). The fourth-order valence-electron chi connectivity index (χ4n) is 2.84. The van der Waals surface area contributed by atoms with Crippen LogP contribution in [0.1, 0.15) is 27.9 Å². The van der Waals surface area contributed by atoms with E-state index in [9.17, 15) is 4.79 Å². The van der Waals surface area contributed by atoms with Gasteiger partial charge in [0.1, 0.15) is 0 Å². The van der Waals surface area contributed by atoms with Crippen molar-refractivity contribution in [3.05, 3.63) is 53.5 Å². The third-order valence-electron chi connectivity index (χ3n) is 4.19. The zero-order chi connectivity index (χ0) is 18.8. The Balaban J connectivity index is 1.59. The van der Waals surface area contributed by atoms with Crippen molar-refractivity contribution < 1.29 is 4.79 Å². The molecular formula is C19H15N7O. The van der Waals surface area contributed by atoms with Gasteiger partial charge in [0.2, 0.25) is 5.95 Å². The van der Waals surface area contributed by atoms with Gasteiger partial charge in [-0.25, -0.2) is 15.0 Å². The molecule has 0 spiro atoms. The number of nitriles is 1. The van der Waals surface area contributed by atoms with Gasteiger partial charge in [0.05, 0.1) is 36.5 Å². The molecule has 27 heavy (non-hydrogen) atoms. The van der Waals surface area contributed by atoms with E-state index in [1.165, 1.54) is 0 Å². The van der Waals surface area contributed by atoms with Crippen molar-refractivity contribution in [2.75, 3.05) is 5.32 Å². The summed E-state index contributed by atoms with van der Waals surface area (Å²) < 4.78 is 1.73. The standard InChI is InChI=1S/C19H15N7O/c1-12-8-22-19(24-15-3-4-16-13(7-15)9-21-18(16)27)25-17(12)14-10-23-26(11-14)6-2-5-20/h3-4,7-11H,2,6H2,1H3,(H,22,24,25). The smallest absolute Gasteiger partial charge is 0.277 e. The third kappa shape index (κ3) is 3.30. The Labute approximate surface area is 155 Å². The number of amides is 1. The lowest BCUT2D eigenvalue weighted by molar-refractivity contribution is 0.101. The van der Waals surface area contributed by atoms with Crippen molar-refractivity contribution in [1.29, 1.82) is 5.26 Å². The van der Waals surface area contributed by atoms with Crippen LogP contribution in [-0.2, 0) is 6.54 Å². The van der Waals surface area contributed by atoms with E-state index >= 15 is 0 Å². The lowest BCUT2D eigenvalue weighted by Gasteiger charge is -2.09. The highest BCUT2D eigenvalue weighted by molar-refractivity contribution is 6.13. The Morgan fingerprint density at radius 1 is 1.30 bits per heavy atom. The Hall–Kier alpha value is -3.86. The van der Waals surface area contributed by atoms with E-state index in [0.29, 0.717) is 24.5 Å². The highest BCUT2D eigenvalue weighted by atomic mass is 16.1. The first-order valence-corrected chi connectivity index (χ1v) is 8.37. The van der Waals surface area contributed by atoms with Crippen LogP contribution in [0.2, 0.25) is 0 Å². The summed E-state index contributed by atoms with van der Waals surface area (Å²) in [6.45, 7) is 2.48. The molecule has 0 radical (unpaired) electrons. The number of carbonyl (C=O) groups excluding carboxylic acids is 1. The average molecular weight is 357 g/mol. The van der Waals surface area contributed by atoms with Crippen LogP contribution in [0.4, 0.5) is 11.6 Å². The number of nitrogens with zero attached hydrogens (tertiary/aromatic N) is 6. The van der Waals surface area contributed by atoms with Crippen LogP contribution >= 0.6 is 0 Å². The summed E-state index contributed by atoms with van der Waals surface area (Å²) in [7, 11) is 0. The van der Waals surface area contributed by atoms with Crippen molar-refractivity contribution in [2.45, 2.75) is 19.9 Å². The number of fused-ring (bicyclic) bond motifs is 1. The van der Waals surface area contributed by atoms with Gasteiger partial charge >= 0.3 is 0 Å². The molecular weight excluding hydrogens is 342 g/mol. The molecule has 0 bridgehead atoms. The maximum absolute atomic E-state index is 11.6. The number of carbonyl (C=O) groups is 1. The zero-order valence-electron chi connectivity index (χ0n) is 14.5. The van der Waals surface area contributed by atoms with E-state index in [1.54, 1.807) is 35.4 Å². The van der Waals surface area contributed by atoms with E-state index < -0.39 is 0 Å². The summed E-state index contributed by atoms with van der Waals surface area (Å²) in [5, 5.41) is 16.1. The summed E-state index contributed by atoms with van der Waals surface area (Å²) in [5.41, 5.74) is 4.70. The number of anilines is 2. The number of benzene rings is 1. The maximum Gasteiger partial charge on any atom is 0.277 e. The second-order valence-corrected chi connectivity index (χ2v) is 6.12. The minimum Gasteiger partial charge on any atom is -0.324 e. The molecule has 0 saturated carbocycles. The van der Waals surface area contributed by atoms with Crippen molar-refractivity contribution in [3.8, 4) is 17.3 Å². The Morgan fingerprint density at radius 3 is 3.04 bits per heavy atom. The number of aryl methyl sites for hydroxylation is 2. The second kappa shape index (κ2) is 6.80. The molecule has 0 atom stereocenters. The monoisotopic (exact) mass is 357 g/mol. The van der Waals surface area contributed by atoms with Gasteiger partial charge < -0.3 is 5.32 Å². The molecule has 0 aliphatic carbocycles. The van der Waals surface area contributed by atoms with Crippen LogP contribution in [0.3, 0.4) is 0 Å². The minimum atomic E-state index is -0.223. The Bertz CT molecular complexity index is 1110.